The normalized spacial score (nSPS) is 14.8. The van der Waals surface area contributed by atoms with Gasteiger partial charge in [-0.05, 0) is 81.5 Å². The van der Waals surface area contributed by atoms with Gasteiger partial charge in [-0.2, -0.15) is 0 Å². The molecule has 0 bridgehead atoms. The van der Waals surface area contributed by atoms with Crippen molar-refractivity contribution in [2.75, 3.05) is 11.9 Å². The van der Waals surface area contributed by atoms with Gasteiger partial charge in [0, 0.05) is 24.3 Å². The van der Waals surface area contributed by atoms with Gasteiger partial charge in [-0.1, -0.05) is 48.2 Å². The van der Waals surface area contributed by atoms with Crippen LogP contribution in [0.3, 0.4) is 0 Å². The minimum atomic E-state index is -1.12. The largest absolute Gasteiger partial charge is 0.480 e. The number of hydrogen-bond acceptors (Lipinski definition) is 8. The number of rotatable bonds is 12. The number of carboxylic acids is 1. The average molecular weight is 599 g/mol. The molecule has 0 aliphatic carbocycles. The standard InChI is InChI=1S/C29H34N4O6S2/c1-29(2,3)39-27(38)30-15-5-4-6-22(26(36)37)32-24(34)20-11-7-19(8-12-20)17-31-21-13-9-18(10-14-21)16-23-25(35)33-28(40)41-23/h7-14,16,22,31H,4-6,15,17H2,1-3H3,(H,30,38)(H,32,34)(H,36,37)(H,33,35,40)/b23-16-/t22-/m0/s1. The Morgan fingerprint density at radius 2 is 1.76 bits per heavy atom. The maximum atomic E-state index is 12.7. The van der Waals surface area contributed by atoms with Crippen molar-refractivity contribution in [3.05, 3.63) is 70.1 Å². The molecule has 10 nitrogen and oxygen atoms in total. The molecule has 2 aromatic rings. The Kier molecular flexibility index (Phi) is 11.3. The topological polar surface area (TPSA) is 146 Å². The third-order valence-corrected chi connectivity index (χ3v) is 6.92. The highest BCUT2D eigenvalue weighted by atomic mass is 32.2. The zero-order chi connectivity index (χ0) is 30.0. The molecule has 3 amide bonds. The van der Waals surface area contributed by atoms with Gasteiger partial charge in [0.05, 0.1) is 4.91 Å². The number of thiocarbonyl (C=S) groups is 1. The first kappa shape index (κ1) is 31.6. The van der Waals surface area contributed by atoms with Gasteiger partial charge in [-0.3, -0.25) is 9.59 Å². The van der Waals surface area contributed by atoms with Crippen molar-refractivity contribution in [3.63, 3.8) is 0 Å². The van der Waals surface area contributed by atoms with E-state index in [1.165, 1.54) is 11.8 Å². The van der Waals surface area contributed by atoms with Crippen LogP contribution < -0.4 is 21.3 Å². The van der Waals surface area contributed by atoms with Crippen LogP contribution in [0.1, 0.15) is 61.5 Å². The third kappa shape index (κ3) is 10.9. The van der Waals surface area contributed by atoms with Crippen molar-refractivity contribution in [1.29, 1.82) is 0 Å². The molecule has 0 aromatic heterocycles. The van der Waals surface area contributed by atoms with Crippen LogP contribution in [-0.4, -0.2) is 51.5 Å². The predicted octanol–water partition coefficient (Wildman–Crippen LogP) is 4.67. The second-order valence-electron chi connectivity index (χ2n) is 10.3. The molecule has 1 atom stereocenters. The molecule has 0 radical (unpaired) electrons. The Morgan fingerprint density at radius 1 is 1.07 bits per heavy atom. The Morgan fingerprint density at radius 3 is 2.34 bits per heavy atom. The smallest absolute Gasteiger partial charge is 0.407 e. The molecule has 3 rings (SSSR count). The fourth-order valence-corrected chi connectivity index (χ4v) is 4.77. The number of carbonyl (C=O) groups excluding carboxylic acids is 3. The lowest BCUT2D eigenvalue weighted by Gasteiger charge is -2.19. The van der Waals surface area contributed by atoms with Gasteiger partial charge >= 0.3 is 12.1 Å². The van der Waals surface area contributed by atoms with E-state index in [4.69, 9.17) is 17.0 Å². The Hall–Kier alpha value is -3.90. The predicted molar refractivity (Wildman–Crippen MR) is 163 cm³/mol. The van der Waals surface area contributed by atoms with Gasteiger partial charge in [0.25, 0.3) is 11.8 Å². The number of hydrogen-bond donors (Lipinski definition) is 5. The van der Waals surface area contributed by atoms with Gasteiger partial charge in [-0.25, -0.2) is 9.59 Å². The van der Waals surface area contributed by atoms with E-state index in [9.17, 15) is 24.3 Å². The summed E-state index contributed by atoms with van der Waals surface area (Å²) < 4.78 is 5.61. The molecule has 1 saturated heterocycles. The van der Waals surface area contributed by atoms with Crippen LogP contribution >= 0.6 is 24.0 Å². The van der Waals surface area contributed by atoms with E-state index in [-0.39, 0.29) is 12.3 Å². The lowest BCUT2D eigenvalue weighted by atomic mass is 10.1. The SMILES string of the molecule is CC(C)(C)OC(=O)NCCCC[C@H](NC(=O)c1ccc(CNc2ccc(/C=C3\SC(=S)NC3=O)cc2)cc1)C(=O)O. The van der Waals surface area contributed by atoms with Gasteiger partial charge in [0.1, 0.15) is 16.0 Å². The van der Waals surface area contributed by atoms with E-state index in [1.807, 2.05) is 24.3 Å². The summed E-state index contributed by atoms with van der Waals surface area (Å²) in [7, 11) is 0. The van der Waals surface area contributed by atoms with Crippen molar-refractivity contribution in [3.8, 4) is 0 Å². The van der Waals surface area contributed by atoms with Crippen LogP contribution in [0.25, 0.3) is 6.08 Å². The third-order valence-electron chi connectivity index (χ3n) is 5.75. The number of carbonyl (C=O) groups is 4. The molecular weight excluding hydrogens is 564 g/mol. The molecule has 0 unspecified atom stereocenters. The van der Waals surface area contributed by atoms with Crippen LogP contribution in [0, 0.1) is 0 Å². The number of amides is 3. The quantitative estimate of drug-likeness (QED) is 0.134. The summed E-state index contributed by atoms with van der Waals surface area (Å²) in [6.45, 7) is 6.18. The fourth-order valence-electron chi connectivity index (χ4n) is 3.72. The number of carboxylic acid groups (broad SMARTS) is 1. The lowest BCUT2D eigenvalue weighted by Crippen LogP contribution is -2.40. The molecule has 0 spiro atoms. The first-order chi connectivity index (χ1) is 19.4. The van der Waals surface area contributed by atoms with Crippen molar-refractivity contribution in [2.24, 2.45) is 0 Å². The summed E-state index contributed by atoms with van der Waals surface area (Å²) in [5.74, 6) is -1.78. The Bertz CT molecular complexity index is 1300. The first-order valence-electron chi connectivity index (χ1n) is 13.1. The highest BCUT2D eigenvalue weighted by Gasteiger charge is 2.22. The molecule has 218 valence electrons. The van der Waals surface area contributed by atoms with Crippen LogP contribution in [0.15, 0.2) is 53.4 Å². The second-order valence-corrected chi connectivity index (χ2v) is 12.0. The van der Waals surface area contributed by atoms with Gasteiger partial charge < -0.3 is 31.1 Å². The fraction of sp³-hybridized carbons (Fsp3) is 0.345. The number of nitrogens with one attached hydrogen (secondary N) is 4. The van der Waals surface area contributed by atoms with E-state index >= 15 is 0 Å². The summed E-state index contributed by atoms with van der Waals surface area (Å²) >= 11 is 6.24. The summed E-state index contributed by atoms with van der Waals surface area (Å²) in [5, 5.41) is 20.6. The summed E-state index contributed by atoms with van der Waals surface area (Å²) in [5.41, 5.74) is 2.47. The molecule has 1 aliphatic heterocycles. The first-order valence-corrected chi connectivity index (χ1v) is 14.3. The van der Waals surface area contributed by atoms with Gasteiger partial charge in [-0.15, -0.1) is 0 Å². The summed E-state index contributed by atoms with van der Waals surface area (Å²) in [6.07, 6.45) is 2.54. The number of unbranched alkanes of at least 4 members (excludes halogenated alkanes) is 1. The van der Waals surface area contributed by atoms with Crippen molar-refractivity contribution < 1.29 is 29.0 Å². The van der Waals surface area contributed by atoms with E-state index < -0.39 is 29.6 Å². The van der Waals surface area contributed by atoms with Crippen LogP contribution in [-0.2, 0) is 20.9 Å². The van der Waals surface area contributed by atoms with E-state index in [0.29, 0.717) is 40.7 Å². The molecule has 1 heterocycles. The molecular formula is C29H34N4O6S2. The van der Waals surface area contributed by atoms with Crippen molar-refractivity contribution >= 4 is 63.9 Å². The van der Waals surface area contributed by atoms with Crippen LogP contribution in [0.2, 0.25) is 0 Å². The molecule has 2 aromatic carbocycles. The van der Waals surface area contributed by atoms with Gasteiger partial charge in [0.15, 0.2) is 0 Å². The maximum absolute atomic E-state index is 12.7. The molecule has 5 N–H and O–H groups in total. The lowest BCUT2D eigenvalue weighted by molar-refractivity contribution is -0.139. The monoisotopic (exact) mass is 598 g/mol. The number of anilines is 1. The molecule has 0 saturated carbocycles. The van der Waals surface area contributed by atoms with E-state index in [2.05, 4.69) is 21.3 Å². The highest BCUT2D eigenvalue weighted by molar-refractivity contribution is 8.26. The minimum Gasteiger partial charge on any atom is -0.480 e. The Balaban J connectivity index is 1.43. The van der Waals surface area contributed by atoms with Crippen molar-refractivity contribution in [2.45, 2.75) is 58.2 Å². The molecule has 1 fully saturated rings. The van der Waals surface area contributed by atoms with Gasteiger partial charge in [0.2, 0.25) is 0 Å². The van der Waals surface area contributed by atoms with Crippen LogP contribution in [0.5, 0.6) is 0 Å². The molecule has 41 heavy (non-hydrogen) atoms. The highest BCUT2D eigenvalue weighted by Crippen LogP contribution is 2.26. The Labute approximate surface area is 248 Å². The molecule has 1 aliphatic rings. The number of aliphatic carboxylic acids is 1. The number of thioether (sulfide) groups is 1. The summed E-state index contributed by atoms with van der Waals surface area (Å²) in [6, 6.07) is 13.5. The van der Waals surface area contributed by atoms with E-state index in [1.54, 1.807) is 51.1 Å². The maximum Gasteiger partial charge on any atom is 0.407 e. The van der Waals surface area contributed by atoms with E-state index in [0.717, 1.165) is 16.8 Å². The minimum absolute atomic E-state index is 0.192. The summed E-state index contributed by atoms with van der Waals surface area (Å²) in [4.78, 5) is 48.4. The van der Waals surface area contributed by atoms with Crippen molar-refractivity contribution in [1.82, 2.24) is 16.0 Å². The second kappa shape index (κ2) is 14.6. The van der Waals surface area contributed by atoms with Crippen LogP contribution in [0.4, 0.5) is 10.5 Å². The zero-order valence-corrected chi connectivity index (χ0v) is 24.7. The number of benzene rings is 2. The average Bonchev–Trinajstić information content (AvgIpc) is 3.22. The zero-order valence-electron chi connectivity index (χ0n) is 23.1. The number of ether oxygens (including phenoxy) is 1. The molecule has 12 heteroatoms. The number of alkyl carbamates (subject to hydrolysis) is 1.